The number of nitrogens with zero attached hydrogens (tertiary/aromatic N) is 2. The van der Waals surface area contributed by atoms with Gasteiger partial charge < -0.3 is 15.4 Å². The maximum absolute atomic E-state index is 13.7. The fourth-order valence-corrected chi connectivity index (χ4v) is 2.54. The molecule has 0 radical (unpaired) electrons. The van der Waals surface area contributed by atoms with Crippen molar-refractivity contribution in [1.82, 2.24) is 4.90 Å². The molecule has 0 aromatic heterocycles. The first-order valence-corrected chi connectivity index (χ1v) is 6.76. The van der Waals surface area contributed by atoms with E-state index in [1.165, 1.54) is 18.2 Å². The predicted octanol–water partition coefficient (Wildman–Crippen LogP) is 1.47. The molecule has 1 aromatic rings. The third-order valence-electron chi connectivity index (χ3n) is 3.76. The Labute approximate surface area is 116 Å². The minimum Gasteiger partial charge on any atom is -0.378 e. The summed E-state index contributed by atoms with van der Waals surface area (Å²) in [5, 5.41) is 0. The lowest BCUT2D eigenvalue weighted by atomic mass is 10.1. The number of hydrogen-bond donors (Lipinski definition) is 1. The van der Waals surface area contributed by atoms with Crippen molar-refractivity contribution in [3.8, 4) is 0 Å². The molecule has 1 saturated heterocycles. The molecule has 1 aliphatic heterocycles. The van der Waals surface area contributed by atoms with Gasteiger partial charge in [0, 0.05) is 24.6 Å². The van der Waals surface area contributed by atoms with Gasteiger partial charge in [-0.15, -0.1) is 0 Å². The summed E-state index contributed by atoms with van der Waals surface area (Å²) in [5.74, 6) is -0.761. The second-order valence-electron chi connectivity index (χ2n) is 5.13. The fraction of sp³-hybridized carbons (Fsp3) is 0.500. The van der Waals surface area contributed by atoms with Crippen LogP contribution in [0.25, 0.3) is 0 Å². The predicted molar refractivity (Wildman–Crippen MR) is 71.5 cm³/mol. The lowest BCUT2D eigenvalue weighted by Crippen LogP contribution is -2.45. The summed E-state index contributed by atoms with van der Waals surface area (Å²) in [6, 6.07) is 3.81. The number of aliphatic imine (C=N–C) groups is 1. The Balaban J connectivity index is 1.69. The highest BCUT2D eigenvalue weighted by molar-refractivity contribution is 5.78. The molecule has 1 heterocycles. The molecule has 2 fully saturated rings. The number of hydrogen-bond acceptors (Lipinski definition) is 2. The molecule has 1 aliphatic carbocycles. The zero-order valence-corrected chi connectivity index (χ0v) is 11.1. The summed E-state index contributed by atoms with van der Waals surface area (Å²) in [6.45, 7) is 2.68. The molecule has 1 aromatic carbocycles. The first-order chi connectivity index (χ1) is 9.66. The van der Waals surface area contributed by atoms with Gasteiger partial charge in [-0.3, -0.25) is 0 Å². The van der Waals surface area contributed by atoms with Crippen molar-refractivity contribution >= 4 is 5.96 Å². The van der Waals surface area contributed by atoms with Crippen LogP contribution in [-0.4, -0.2) is 43.2 Å². The lowest BCUT2D eigenvalue weighted by molar-refractivity contribution is 0.0674. The molecule has 0 bridgehead atoms. The number of halogens is 2. The van der Waals surface area contributed by atoms with Crippen molar-refractivity contribution in [3.63, 3.8) is 0 Å². The van der Waals surface area contributed by atoms with Crippen LogP contribution in [0.5, 0.6) is 0 Å². The average Bonchev–Trinajstić information content (AvgIpc) is 3.18. The number of nitrogens with two attached hydrogens (primary N) is 1. The smallest absolute Gasteiger partial charge is 0.191 e. The van der Waals surface area contributed by atoms with E-state index < -0.39 is 11.6 Å². The van der Waals surface area contributed by atoms with Gasteiger partial charge in [0.1, 0.15) is 11.6 Å². The van der Waals surface area contributed by atoms with Gasteiger partial charge in [0.2, 0.25) is 0 Å². The Morgan fingerprint density at radius 2 is 1.90 bits per heavy atom. The summed E-state index contributed by atoms with van der Waals surface area (Å²) in [6.07, 6.45) is 0.642. The molecular weight excluding hydrogens is 264 g/mol. The second kappa shape index (κ2) is 5.36. The van der Waals surface area contributed by atoms with Gasteiger partial charge in [0.15, 0.2) is 5.96 Å². The van der Waals surface area contributed by atoms with Crippen LogP contribution in [0.3, 0.4) is 0 Å². The number of benzene rings is 1. The van der Waals surface area contributed by atoms with Gasteiger partial charge in [-0.1, -0.05) is 6.07 Å². The molecule has 2 N–H and O–H groups in total. The van der Waals surface area contributed by atoms with Crippen molar-refractivity contribution in [3.05, 3.63) is 35.4 Å². The topological polar surface area (TPSA) is 50.8 Å². The highest BCUT2D eigenvalue weighted by Gasteiger charge is 2.42. The largest absolute Gasteiger partial charge is 0.378 e. The lowest BCUT2D eigenvalue weighted by Gasteiger charge is -2.27. The first-order valence-electron chi connectivity index (χ1n) is 6.76. The van der Waals surface area contributed by atoms with Gasteiger partial charge in [0.25, 0.3) is 0 Å². The molecule has 108 valence electrons. The Kier molecular flexibility index (Phi) is 3.56. The Morgan fingerprint density at radius 1 is 1.25 bits per heavy atom. The second-order valence-corrected chi connectivity index (χ2v) is 5.13. The molecule has 2 atom stereocenters. The zero-order chi connectivity index (χ0) is 14.1. The molecule has 0 amide bonds. The van der Waals surface area contributed by atoms with Crippen LogP contribution in [0.1, 0.15) is 17.9 Å². The van der Waals surface area contributed by atoms with Crippen molar-refractivity contribution in [2.45, 2.75) is 18.4 Å². The van der Waals surface area contributed by atoms with Crippen LogP contribution < -0.4 is 5.73 Å². The zero-order valence-electron chi connectivity index (χ0n) is 11.1. The molecule has 2 aliphatic rings. The van der Waals surface area contributed by atoms with E-state index in [1.807, 2.05) is 4.90 Å². The quantitative estimate of drug-likeness (QED) is 0.659. The monoisotopic (exact) mass is 281 g/mol. The summed E-state index contributed by atoms with van der Waals surface area (Å²) >= 11 is 0. The van der Waals surface area contributed by atoms with E-state index in [2.05, 4.69) is 4.99 Å². The number of morpholine rings is 1. The number of rotatable bonds is 2. The van der Waals surface area contributed by atoms with Gasteiger partial charge in [0.05, 0.1) is 19.3 Å². The number of guanidine groups is 1. The summed E-state index contributed by atoms with van der Waals surface area (Å²) < 4.78 is 32.6. The maximum atomic E-state index is 13.7. The van der Waals surface area contributed by atoms with Crippen LogP contribution in [0, 0.1) is 11.6 Å². The van der Waals surface area contributed by atoms with Gasteiger partial charge in [-0.25, -0.2) is 13.8 Å². The van der Waals surface area contributed by atoms with E-state index >= 15 is 0 Å². The Bertz CT molecular complexity index is 509. The van der Waals surface area contributed by atoms with Crippen molar-refractivity contribution in [2.24, 2.45) is 10.7 Å². The normalized spacial score (nSPS) is 26.7. The summed E-state index contributed by atoms with van der Waals surface area (Å²) in [5.41, 5.74) is 6.07. The number of ether oxygens (including phenoxy) is 1. The highest BCUT2D eigenvalue weighted by atomic mass is 19.1. The van der Waals surface area contributed by atoms with E-state index in [-0.39, 0.29) is 17.5 Å². The summed E-state index contributed by atoms with van der Waals surface area (Å²) in [7, 11) is 0. The van der Waals surface area contributed by atoms with Gasteiger partial charge in [-0.2, -0.15) is 0 Å². The van der Waals surface area contributed by atoms with Crippen molar-refractivity contribution in [2.75, 3.05) is 26.3 Å². The van der Waals surface area contributed by atoms with E-state index in [0.29, 0.717) is 38.7 Å². The Hall–Kier alpha value is -1.69. The van der Waals surface area contributed by atoms with E-state index in [4.69, 9.17) is 10.5 Å². The SMILES string of the molecule is NC(=NC1CC1c1c(F)cccc1F)N1CCOCC1. The average molecular weight is 281 g/mol. The van der Waals surface area contributed by atoms with Crippen LogP contribution in [0.4, 0.5) is 8.78 Å². The van der Waals surface area contributed by atoms with E-state index in [1.54, 1.807) is 0 Å². The molecule has 4 nitrogen and oxygen atoms in total. The standard InChI is InChI=1S/C14H17F2N3O/c15-10-2-1-3-11(16)13(10)9-8-12(9)18-14(17)19-4-6-20-7-5-19/h1-3,9,12H,4-8H2,(H2,17,18). The van der Waals surface area contributed by atoms with Crippen LogP contribution in [-0.2, 0) is 4.74 Å². The third-order valence-corrected chi connectivity index (χ3v) is 3.76. The first kappa shape index (κ1) is 13.3. The van der Waals surface area contributed by atoms with Gasteiger partial charge >= 0.3 is 0 Å². The van der Waals surface area contributed by atoms with E-state index in [0.717, 1.165) is 0 Å². The molecule has 20 heavy (non-hydrogen) atoms. The maximum Gasteiger partial charge on any atom is 0.191 e. The molecule has 0 spiro atoms. The molecular formula is C14H17F2N3O. The van der Waals surface area contributed by atoms with Gasteiger partial charge in [-0.05, 0) is 18.6 Å². The fourth-order valence-electron chi connectivity index (χ4n) is 2.54. The summed E-state index contributed by atoms with van der Waals surface area (Å²) in [4.78, 5) is 6.32. The Morgan fingerprint density at radius 3 is 2.55 bits per heavy atom. The third kappa shape index (κ3) is 2.60. The van der Waals surface area contributed by atoms with Crippen LogP contribution in [0.15, 0.2) is 23.2 Å². The highest BCUT2D eigenvalue weighted by Crippen LogP contribution is 2.45. The minimum atomic E-state index is -0.502. The van der Waals surface area contributed by atoms with Crippen molar-refractivity contribution in [1.29, 1.82) is 0 Å². The molecule has 1 saturated carbocycles. The molecule has 6 heteroatoms. The van der Waals surface area contributed by atoms with E-state index in [9.17, 15) is 8.78 Å². The van der Waals surface area contributed by atoms with Crippen molar-refractivity contribution < 1.29 is 13.5 Å². The minimum absolute atomic E-state index is 0.121. The molecule has 2 unspecified atom stereocenters. The molecule has 3 rings (SSSR count). The van der Waals surface area contributed by atoms with Crippen LogP contribution in [0.2, 0.25) is 0 Å². The van der Waals surface area contributed by atoms with Crippen LogP contribution >= 0.6 is 0 Å².